The van der Waals surface area contributed by atoms with E-state index >= 15 is 0 Å². The van der Waals surface area contributed by atoms with Crippen LogP contribution in [-0.4, -0.2) is 21.0 Å². The number of benzene rings is 1. The summed E-state index contributed by atoms with van der Waals surface area (Å²) in [6.07, 6.45) is 1.79. The molecule has 0 spiro atoms. The minimum absolute atomic E-state index is 0.101. The number of thiocarbonyl (C=S) groups is 1. The van der Waals surface area contributed by atoms with Gasteiger partial charge in [0.05, 0.1) is 16.8 Å². The first kappa shape index (κ1) is 19.2. The molecule has 0 amide bonds. The summed E-state index contributed by atoms with van der Waals surface area (Å²) in [6.45, 7) is 4.23. The highest BCUT2D eigenvalue weighted by Gasteiger charge is 2.42. The van der Waals surface area contributed by atoms with Crippen molar-refractivity contribution in [2.24, 2.45) is 0 Å². The van der Waals surface area contributed by atoms with E-state index in [1.165, 1.54) is 0 Å². The molecule has 3 heterocycles. The van der Waals surface area contributed by atoms with Crippen LogP contribution in [0.3, 0.4) is 0 Å². The van der Waals surface area contributed by atoms with Crippen molar-refractivity contribution < 1.29 is 4.42 Å². The second-order valence-electron chi connectivity index (χ2n) is 6.95. The molecule has 7 heteroatoms. The van der Waals surface area contributed by atoms with Crippen molar-refractivity contribution in [1.29, 1.82) is 0 Å². The molecular formula is C21H19Cl2N3OS. The first-order valence-corrected chi connectivity index (χ1v) is 10.2. The van der Waals surface area contributed by atoms with Gasteiger partial charge < -0.3 is 14.6 Å². The molecule has 28 heavy (non-hydrogen) atoms. The SMILES string of the molecule is CC(C)N1C(=S)N[C@H](c2ccccn2)[C@H]1c1ccc(-c2ccc(Cl)cc2Cl)o1. The summed E-state index contributed by atoms with van der Waals surface area (Å²) in [6, 6.07) is 15.1. The van der Waals surface area contributed by atoms with Crippen molar-refractivity contribution in [2.75, 3.05) is 0 Å². The molecule has 4 nitrogen and oxygen atoms in total. The number of hydrogen-bond acceptors (Lipinski definition) is 3. The van der Waals surface area contributed by atoms with Crippen LogP contribution in [0.25, 0.3) is 11.3 Å². The van der Waals surface area contributed by atoms with E-state index in [2.05, 4.69) is 29.0 Å². The lowest BCUT2D eigenvalue weighted by atomic mass is 10.0. The van der Waals surface area contributed by atoms with Gasteiger partial charge in [-0.25, -0.2) is 0 Å². The Labute approximate surface area is 179 Å². The van der Waals surface area contributed by atoms with Crippen LogP contribution < -0.4 is 5.32 Å². The van der Waals surface area contributed by atoms with Crippen LogP contribution in [-0.2, 0) is 0 Å². The van der Waals surface area contributed by atoms with Crippen molar-refractivity contribution in [3.05, 3.63) is 76.2 Å². The Morgan fingerprint density at radius 2 is 1.96 bits per heavy atom. The van der Waals surface area contributed by atoms with Gasteiger partial charge in [-0.2, -0.15) is 0 Å². The molecule has 0 radical (unpaired) electrons. The number of nitrogens with zero attached hydrogens (tertiary/aromatic N) is 2. The van der Waals surface area contributed by atoms with Gasteiger partial charge in [0.1, 0.15) is 17.6 Å². The van der Waals surface area contributed by atoms with Gasteiger partial charge >= 0.3 is 0 Å². The van der Waals surface area contributed by atoms with Crippen LogP contribution in [0, 0.1) is 0 Å². The zero-order valence-corrected chi connectivity index (χ0v) is 17.7. The highest BCUT2D eigenvalue weighted by atomic mass is 35.5. The molecular weight excluding hydrogens is 413 g/mol. The Kier molecular flexibility index (Phi) is 5.32. The maximum absolute atomic E-state index is 6.36. The summed E-state index contributed by atoms with van der Waals surface area (Å²) in [7, 11) is 0. The quantitative estimate of drug-likeness (QED) is 0.510. The number of aromatic nitrogens is 1. The lowest BCUT2D eigenvalue weighted by molar-refractivity contribution is 0.237. The largest absolute Gasteiger partial charge is 0.459 e. The second-order valence-corrected chi connectivity index (χ2v) is 8.18. The summed E-state index contributed by atoms with van der Waals surface area (Å²) in [5, 5.41) is 5.24. The molecule has 1 N–H and O–H groups in total. The van der Waals surface area contributed by atoms with Crippen molar-refractivity contribution in [3.8, 4) is 11.3 Å². The molecule has 1 aromatic carbocycles. The summed E-state index contributed by atoms with van der Waals surface area (Å²) in [5.41, 5.74) is 1.72. The van der Waals surface area contributed by atoms with Gasteiger partial charge in [0.15, 0.2) is 5.11 Å². The molecule has 0 saturated carbocycles. The van der Waals surface area contributed by atoms with Crippen LogP contribution in [0.15, 0.2) is 59.1 Å². The lowest BCUT2D eigenvalue weighted by Gasteiger charge is -2.29. The molecule has 0 bridgehead atoms. The zero-order valence-electron chi connectivity index (χ0n) is 15.4. The Morgan fingerprint density at radius 1 is 1.14 bits per heavy atom. The maximum Gasteiger partial charge on any atom is 0.170 e. The summed E-state index contributed by atoms with van der Waals surface area (Å²) in [5.74, 6) is 1.50. The second kappa shape index (κ2) is 7.74. The Balaban J connectivity index is 1.76. The molecule has 1 fully saturated rings. The fourth-order valence-corrected chi connectivity index (χ4v) is 4.52. The number of nitrogens with one attached hydrogen (secondary N) is 1. The molecule has 3 aromatic rings. The number of rotatable bonds is 4. The number of hydrogen-bond donors (Lipinski definition) is 1. The predicted molar refractivity (Wildman–Crippen MR) is 117 cm³/mol. The van der Waals surface area contributed by atoms with E-state index < -0.39 is 0 Å². The van der Waals surface area contributed by atoms with Crippen molar-refractivity contribution >= 4 is 40.5 Å². The maximum atomic E-state index is 6.36. The molecule has 0 aliphatic carbocycles. The third kappa shape index (κ3) is 3.50. The Bertz CT molecular complexity index is 1010. The predicted octanol–water partition coefficient (Wildman–Crippen LogP) is 6.03. The zero-order chi connectivity index (χ0) is 19.8. The van der Waals surface area contributed by atoms with Crippen LogP contribution in [0.1, 0.15) is 37.4 Å². The molecule has 4 rings (SSSR count). The molecule has 2 aromatic heterocycles. The monoisotopic (exact) mass is 431 g/mol. The molecule has 1 saturated heterocycles. The Hall–Kier alpha value is -2.08. The van der Waals surface area contributed by atoms with Crippen molar-refractivity contribution in [2.45, 2.75) is 32.0 Å². The van der Waals surface area contributed by atoms with E-state index in [9.17, 15) is 0 Å². The van der Waals surface area contributed by atoms with Gasteiger partial charge in [-0.1, -0.05) is 29.3 Å². The van der Waals surface area contributed by atoms with E-state index in [0.717, 1.165) is 17.0 Å². The highest BCUT2D eigenvalue weighted by Crippen LogP contribution is 2.42. The van der Waals surface area contributed by atoms with Crippen molar-refractivity contribution in [1.82, 2.24) is 15.2 Å². The summed E-state index contributed by atoms with van der Waals surface area (Å²) in [4.78, 5) is 6.68. The van der Waals surface area contributed by atoms with Gasteiger partial charge in [0, 0.05) is 22.8 Å². The molecule has 1 aliphatic rings. The first-order chi connectivity index (χ1) is 13.5. The van der Waals surface area contributed by atoms with Gasteiger partial charge in [0.2, 0.25) is 0 Å². The fraction of sp³-hybridized carbons (Fsp3) is 0.238. The first-order valence-electron chi connectivity index (χ1n) is 9.00. The number of halogens is 2. The van der Waals surface area contributed by atoms with Crippen LogP contribution >= 0.6 is 35.4 Å². The van der Waals surface area contributed by atoms with Crippen molar-refractivity contribution in [3.63, 3.8) is 0 Å². The fourth-order valence-electron chi connectivity index (χ4n) is 3.57. The van der Waals surface area contributed by atoms with E-state index in [1.807, 2.05) is 36.4 Å². The summed E-state index contributed by atoms with van der Waals surface area (Å²) < 4.78 is 6.26. The highest BCUT2D eigenvalue weighted by molar-refractivity contribution is 7.80. The third-order valence-electron chi connectivity index (χ3n) is 4.81. The smallest absolute Gasteiger partial charge is 0.170 e. The molecule has 1 aliphatic heterocycles. The number of pyridine rings is 1. The minimum atomic E-state index is -0.109. The van der Waals surface area contributed by atoms with Gasteiger partial charge in [-0.05, 0) is 68.5 Å². The van der Waals surface area contributed by atoms with Gasteiger partial charge in [-0.3, -0.25) is 4.98 Å². The van der Waals surface area contributed by atoms with Crippen LogP contribution in [0.2, 0.25) is 10.0 Å². The van der Waals surface area contributed by atoms with E-state index in [0.29, 0.717) is 20.9 Å². The third-order valence-corrected chi connectivity index (χ3v) is 5.68. The van der Waals surface area contributed by atoms with Gasteiger partial charge in [-0.15, -0.1) is 0 Å². The lowest BCUT2D eigenvalue weighted by Crippen LogP contribution is -2.35. The van der Waals surface area contributed by atoms with Crippen LogP contribution in [0.5, 0.6) is 0 Å². The molecule has 2 atom stereocenters. The average molecular weight is 432 g/mol. The van der Waals surface area contributed by atoms with Crippen LogP contribution in [0.4, 0.5) is 0 Å². The topological polar surface area (TPSA) is 41.3 Å². The standard InChI is InChI=1S/C21H19Cl2N3OS/c1-12(2)26-20(19(25-21(26)28)16-5-3-4-10-24-16)18-9-8-17(27-18)14-7-6-13(22)11-15(14)23/h3-12,19-20H,1-2H3,(H,25,28)/t19-,20-/m1/s1. The number of furan rings is 1. The molecule has 0 unspecified atom stereocenters. The summed E-state index contributed by atoms with van der Waals surface area (Å²) >= 11 is 18.0. The minimum Gasteiger partial charge on any atom is -0.459 e. The normalized spacial score (nSPS) is 19.3. The Morgan fingerprint density at radius 3 is 2.64 bits per heavy atom. The van der Waals surface area contributed by atoms with E-state index in [1.54, 1.807) is 18.3 Å². The van der Waals surface area contributed by atoms with E-state index in [4.69, 9.17) is 39.8 Å². The molecule has 144 valence electrons. The van der Waals surface area contributed by atoms with E-state index in [-0.39, 0.29) is 18.1 Å². The van der Waals surface area contributed by atoms with Gasteiger partial charge in [0.25, 0.3) is 0 Å². The average Bonchev–Trinajstić information content (AvgIpc) is 3.26.